The molecule has 0 fully saturated rings. The number of carbonyl (C=O) groups is 1. The van der Waals surface area contributed by atoms with Crippen molar-refractivity contribution in [1.82, 2.24) is 10.2 Å². The third kappa shape index (κ3) is 1.14. The highest BCUT2D eigenvalue weighted by Crippen LogP contribution is 1.96. The first kappa shape index (κ1) is 6.76. The summed E-state index contributed by atoms with van der Waals surface area (Å²) >= 11 is 0. The van der Waals surface area contributed by atoms with Crippen LogP contribution in [0, 0.1) is 0 Å². The lowest BCUT2D eigenvalue weighted by atomic mass is 10.3. The second kappa shape index (κ2) is 2.49. The van der Waals surface area contributed by atoms with Gasteiger partial charge in [-0.15, -0.1) is 0 Å². The smallest absolute Gasteiger partial charge is 0.353 e. The maximum Gasteiger partial charge on any atom is 0.353 e. The van der Waals surface area contributed by atoms with Gasteiger partial charge < -0.3 is 10.8 Å². The number of carboxylic acids is 1. The first-order valence-electron chi connectivity index (χ1n) is 2.71. The Balaban J connectivity index is 2.88. The van der Waals surface area contributed by atoms with E-state index in [-0.39, 0.29) is 12.2 Å². The molecule has 0 saturated carbocycles. The average Bonchev–Trinajstić information content (AvgIpc) is 2.34. The van der Waals surface area contributed by atoms with E-state index in [0.29, 0.717) is 5.69 Å². The second-order valence-electron chi connectivity index (χ2n) is 1.78. The molecule has 0 atom stereocenters. The van der Waals surface area contributed by atoms with Gasteiger partial charge in [0, 0.05) is 6.54 Å². The summed E-state index contributed by atoms with van der Waals surface area (Å²) < 4.78 is 0. The van der Waals surface area contributed by atoms with E-state index >= 15 is 0 Å². The maximum absolute atomic E-state index is 10.2. The average molecular weight is 141 g/mol. The van der Waals surface area contributed by atoms with Crippen LogP contribution in [0.2, 0.25) is 0 Å². The SMILES string of the molecule is NCc1cc(C(=O)O)[nH]n1. The Hall–Kier alpha value is -1.36. The zero-order valence-corrected chi connectivity index (χ0v) is 5.16. The number of carboxylic acid groups (broad SMARTS) is 1. The number of nitrogens with two attached hydrogens (primary N) is 1. The highest BCUT2D eigenvalue weighted by Gasteiger charge is 2.04. The van der Waals surface area contributed by atoms with Crippen LogP contribution in [0.4, 0.5) is 0 Å². The summed E-state index contributed by atoms with van der Waals surface area (Å²) in [5.41, 5.74) is 5.81. The van der Waals surface area contributed by atoms with Gasteiger partial charge in [-0.3, -0.25) is 5.10 Å². The highest BCUT2D eigenvalue weighted by atomic mass is 16.4. The van der Waals surface area contributed by atoms with Crippen molar-refractivity contribution in [2.24, 2.45) is 5.73 Å². The number of aromatic carboxylic acids is 1. The number of aromatic nitrogens is 2. The van der Waals surface area contributed by atoms with E-state index in [1.165, 1.54) is 6.07 Å². The van der Waals surface area contributed by atoms with Crippen molar-refractivity contribution in [2.75, 3.05) is 0 Å². The van der Waals surface area contributed by atoms with Crippen molar-refractivity contribution in [3.05, 3.63) is 17.5 Å². The minimum Gasteiger partial charge on any atom is -0.477 e. The minimum atomic E-state index is -1.02. The van der Waals surface area contributed by atoms with Crippen LogP contribution in [-0.2, 0) is 6.54 Å². The second-order valence-corrected chi connectivity index (χ2v) is 1.78. The van der Waals surface area contributed by atoms with Crippen LogP contribution in [0.1, 0.15) is 16.2 Å². The van der Waals surface area contributed by atoms with E-state index in [1.54, 1.807) is 0 Å². The molecule has 1 rings (SSSR count). The Morgan fingerprint density at radius 2 is 2.60 bits per heavy atom. The van der Waals surface area contributed by atoms with Gasteiger partial charge in [-0.2, -0.15) is 5.10 Å². The molecule has 0 saturated heterocycles. The Bertz CT molecular complexity index is 243. The lowest BCUT2D eigenvalue weighted by Crippen LogP contribution is -1.96. The summed E-state index contributed by atoms with van der Waals surface area (Å²) in [6, 6.07) is 1.41. The Kier molecular flexibility index (Phi) is 1.68. The number of rotatable bonds is 2. The lowest BCUT2D eigenvalue weighted by Gasteiger charge is -1.80. The molecular weight excluding hydrogens is 134 g/mol. The molecule has 0 aromatic carbocycles. The summed E-state index contributed by atoms with van der Waals surface area (Å²) in [6.45, 7) is 0.254. The Morgan fingerprint density at radius 3 is 2.90 bits per heavy atom. The molecule has 5 heteroatoms. The molecule has 0 spiro atoms. The van der Waals surface area contributed by atoms with Crippen molar-refractivity contribution in [1.29, 1.82) is 0 Å². The van der Waals surface area contributed by atoms with Crippen LogP contribution in [0.5, 0.6) is 0 Å². The number of hydrogen-bond donors (Lipinski definition) is 3. The number of nitrogens with one attached hydrogen (secondary N) is 1. The van der Waals surface area contributed by atoms with Crippen molar-refractivity contribution in [3.8, 4) is 0 Å². The lowest BCUT2D eigenvalue weighted by molar-refractivity contribution is 0.0690. The topological polar surface area (TPSA) is 92.0 Å². The molecule has 0 amide bonds. The predicted octanol–water partition coefficient (Wildman–Crippen LogP) is -0.433. The molecule has 1 aromatic heterocycles. The van der Waals surface area contributed by atoms with E-state index in [2.05, 4.69) is 10.2 Å². The van der Waals surface area contributed by atoms with Crippen molar-refractivity contribution in [2.45, 2.75) is 6.54 Å². The molecule has 0 aliphatic heterocycles. The Labute approximate surface area is 56.9 Å². The minimum absolute atomic E-state index is 0.0699. The van der Waals surface area contributed by atoms with Gasteiger partial charge in [0.2, 0.25) is 0 Å². The molecule has 10 heavy (non-hydrogen) atoms. The van der Waals surface area contributed by atoms with E-state index in [4.69, 9.17) is 10.8 Å². The van der Waals surface area contributed by atoms with Crippen molar-refractivity contribution in [3.63, 3.8) is 0 Å². The van der Waals surface area contributed by atoms with Gasteiger partial charge in [0.25, 0.3) is 0 Å². The molecule has 0 unspecified atom stereocenters. The zero-order valence-electron chi connectivity index (χ0n) is 5.16. The third-order valence-electron chi connectivity index (χ3n) is 1.07. The number of H-pyrrole nitrogens is 1. The van der Waals surface area contributed by atoms with Crippen molar-refractivity contribution >= 4 is 5.97 Å². The molecule has 0 aliphatic carbocycles. The molecule has 1 heterocycles. The van der Waals surface area contributed by atoms with E-state index in [0.717, 1.165) is 0 Å². The van der Waals surface area contributed by atoms with E-state index in [9.17, 15) is 4.79 Å². The van der Waals surface area contributed by atoms with Gasteiger partial charge in [-0.1, -0.05) is 0 Å². The van der Waals surface area contributed by atoms with E-state index < -0.39 is 5.97 Å². The van der Waals surface area contributed by atoms with Crippen LogP contribution in [0.3, 0.4) is 0 Å². The number of nitrogens with zero attached hydrogens (tertiary/aromatic N) is 1. The zero-order chi connectivity index (χ0) is 7.56. The fourth-order valence-electron chi connectivity index (χ4n) is 0.577. The molecule has 0 radical (unpaired) electrons. The largest absolute Gasteiger partial charge is 0.477 e. The summed E-state index contributed by atoms with van der Waals surface area (Å²) in [5, 5.41) is 14.3. The molecule has 1 aromatic rings. The van der Waals surface area contributed by atoms with Gasteiger partial charge in [-0.25, -0.2) is 4.79 Å². The fraction of sp³-hybridized carbons (Fsp3) is 0.200. The number of aromatic amines is 1. The summed E-state index contributed by atoms with van der Waals surface area (Å²) in [4.78, 5) is 10.2. The van der Waals surface area contributed by atoms with Crippen molar-refractivity contribution < 1.29 is 9.90 Å². The molecule has 54 valence electrons. The van der Waals surface area contributed by atoms with Crippen LogP contribution < -0.4 is 5.73 Å². The van der Waals surface area contributed by atoms with Gasteiger partial charge >= 0.3 is 5.97 Å². The number of hydrogen-bond acceptors (Lipinski definition) is 3. The highest BCUT2D eigenvalue weighted by molar-refractivity contribution is 5.85. The summed E-state index contributed by atoms with van der Waals surface area (Å²) in [5.74, 6) is -1.02. The fourth-order valence-corrected chi connectivity index (χ4v) is 0.577. The first-order chi connectivity index (χ1) is 4.74. The molecular formula is C5H7N3O2. The normalized spacial score (nSPS) is 9.70. The van der Waals surface area contributed by atoms with E-state index in [1.807, 2.05) is 0 Å². The first-order valence-corrected chi connectivity index (χ1v) is 2.71. The molecule has 5 nitrogen and oxygen atoms in total. The summed E-state index contributed by atoms with van der Waals surface area (Å²) in [7, 11) is 0. The summed E-state index contributed by atoms with van der Waals surface area (Å²) in [6.07, 6.45) is 0. The van der Waals surface area contributed by atoms with Gasteiger partial charge in [0.05, 0.1) is 5.69 Å². The van der Waals surface area contributed by atoms with Gasteiger partial charge in [0.15, 0.2) is 0 Å². The standard InChI is InChI=1S/C5H7N3O2/c6-2-3-1-4(5(9)10)8-7-3/h1H,2,6H2,(H,7,8)(H,9,10). The predicted molar refractivity (Wildman–Crippen MR) is 33.4 cm³/mol. The van der Waals surface area contributed by atoms with Crippen LogP contribution in [0.25, 0.3) is 0 Å². The van der Waals surface area contributed by atoms with Crippen LogP contribution >= 0.6 is 0 Å². The Morgan fingerprint density at radius 1 is 1.90 bits per heavy atom. The van der Waals surface area contributed by atoms with Crippen LogP contribution in [0.15, 0.2) is 6.07 Å². The monoisotopic (exact) mass is 141 g/mol. The van der Waals surface area contributed by atoms with Gasteiger partial charge in [0.1, 0.15) is 5.69 Å². The molecule has 0 aliphatic rings. The quantitative estimate of drug-likeness (QED) is 0.521. The van der Waals surface area contributed by atoms with Gasteiger partial charge in [-0.05, 0) is 6.07 Å². The maximum atomic E-state index is 10.2. The van der Waals surface area contributed by atoms with Crippen LogP contribution in [-0.4, -0.2) is 21.3 Å². The molecule has 4 N–H and O–H groups in total. The molecule has 0 bridgehead atoms. The third-order valence-corrected chi connectivity index (χ3v) is 1.07.